The van der Waals surface area contributed by atoms with Crippen LogP contribution in [0.1, 0.15) is 22.0 Å². The molecule has 0 saturated carbocycles. The van der Waals surface area contributed by atoms with Gasteiger partial charge >= 0.3 is 5.63 Å². The van der Waals surface area contributed by atoms with Crippen LogP contribution >= 0.6 is 11.3 Å². The largest absolute Gasteiger partial charge is 0.423 e. The van der Waals surface area contributed by atoms with Gasteiger partial charge in [0.05, 0.1) is 10.9 Å². The van der Waals surface area contributed by atoms with Crippen molar-refractivity contribution in [2.75, 3.05) is 6.54 Å². The fourth-order valence-electron chi connectivity index (χ4n) is 3.88. The second kappa shape index (κ2) is 6.95. The molecule has 2 aromatic carbocycles. The van der Waals surface area contributed by atoms with E-state index in [0.29, 0.717) is 23.9 Å². The molecule has 1 aliphatic rings. The summed E-state index contributed by atoms with van der Waals surface area (Å²) in [6.07, 6.45) is 0.692. The van der Waals surface area contributed by atoms with Crippen molar-refractivity contribution in [3.63, 3.8) is 0 Å². The summed E-state index contributed by atoms with van der Waals surface area (Å²) in [5.41, 5.74) is 1.90. The highest BCUT2D eigenvalue weighted by Crippen LogP contribution is 2.40. The van der Waals surface area contributed by atoms with E-state index >= 15 is 0 Å². The highest BCUT2D eigenvalue weighted by atomic mass is 32.2. The number of nitrogens with zero attached hydrogens (tertiary/aromatic N) is 1. The Morgan fingerprint density at radius 3 is 2.66 bits per heavy atom. The van der Waals surface area contributed by atoms with Crippen LogP contribution in [0.25, 0.3) is 11.0 Å². The number of fused-ring (bicyclic) bond motifs is 2. The molecule has 1 atom stereocenters. The Hall–Kier alpha value is -2.74. The Labute approximate surface area is 171 Å². The molecule has 0 radical (unpaired) electrons. The molecule has 4 aromatic rings. The number of rotatable bonds is 3. The minimum atomic E-state index is -3.76. The SMILES string of the molecule is O=c1ccc2cc(S(=O)(=O)N3CCc4sccc4C3c3ccccc3)ccc2o1. The van der Waals surface area contributed by atoms with Gasteiger partial charge in [-0.15, -0.1) is 11.3 Å². The second-order valence-corrected chi connectivity index (χ2v) is 9.82. The van der Waals surface area contributed by atoms with E-state index < -0.39 is 15.6 Å². The molecule has 5 nitrogen and oxygen atoms in total. The van der Waals surface area contributed by atoms with Gasteiger partial charge in [-0.2, -0.15) is 4.31 Å². The zero-order valence-electron chi connectivity index (χ0n) is 15.3. The Kier molecular flexibility index (Phi) is 4.38. The number of hydrogen-bond acceptors (Lipinski definition) is 5. The molecule has 146 valence electrons. The van der Waals surface area contributed by atoms with Gasteiger partial charge in [0.2, 0.25) is 10.0 Å². The number of sulfonamides is 1. The summed E-state index contributed by atoms with van der Waals surface area (Å²) in [5, 5.41) is 2.60. The van der Waals surface area contributed by atoms with E-state index in [0.717, 1.165) is 11.1 Å². The zero-order chi connectivity index (χ0) is 20.0. The average Bonchev–Trinajstić information content (AvgIpc) is 3.22. The van der Waals surface area contributed by atoms with Crippen molar-refractivity contribution in [1.29, 1.82) is 0 Å². The monoisotopic (exact) mass is 423 g/mol. The molecule has 0 spiro atoms. The molecule has 1 aliphatic heterocycles. The third-order valence-corrected chi connectivity index (χ3v) is 8.09. The molecule has 3 heterocycles. The van der Waals surface area contributed by atoms with Gasteiger partial charge < -0.3 is 4.42 Å². The summed E-state index contributed by atoms with van der Waals surface area (Å²) in [7, 11) is -3.76. The molecule has 0 fully saturated rings. The Morgan fingerprint density at radius 2 is 1.83 bits per heavy atom. The van der Waals surface area contributed by atoms with Crippen molar-refractivity contribution in [3.8, 4) is 0 Å². The fraction of sp³-hybridized carbons (Fsp3) is 0.136. The molecule has 2 aromatic heterocycles. The molecule has 1 unspecified atom stereocenters. The van der Waals surface area contributed by atoms with Crippen LogP contribution in [0.4, 0.5) is 0 Å². The highest BCUT2D eigenvalue weighted by Gasteiger charge is 2.38. The summed E-state index contributed by atoms with van der Waals surface area (Å²) < 4.78 is 34.0. The standard InChI is InChI=1S/C22H17NO4S2/c24-21-9-6-16-14-17(7-8-19(16)27-21)29(25,26)23-12-10-20-18(11-13-28-20)22(23)15-4-2-1-3-5-15/h1-9,11,13-14,22H,10,12H2. The molecule has 0 bridgehead atoms. The molecule has 7 heteroatoms. The topological polar surface area (TPSA) is 67.6 Å². The van der Waals surface area contributed by atoms with Gasteiger partial charge in [-0.05, 0) is 53.3 Å². The first-order valence-corrected chi connectivity index (χ1v) is 11.5. The zero-order valence-corrected chi connectivity index (χ0v) is 16.9. The van der Waals surface area contributed by atoms with Crippen LogP contribution in [-0.4, -0.2) is 19.3 Å². The summed E-state index contributed by atoms with van der Waals surface area (Å²) in [6, 6.07) is 18.9. The first kappa shape index (κ1) is 18.3. The first-order valence-electron chi connectivity index (χ1n) is 9.21. The van der Waals surface area contributed by atoms with Crippen LogP contribution in [0.15, 0.2) is 86.2 Å². The van der Waals surface area contributed by atoms with Crippen molar-refractivity contribution >= 4 is 32.3 Å². The summed E-state index contributed by atoms with van der Waals surface area (Å²) in [4.78, 5) is 12.8. The van der Waals surface area contributed by atoms with E-state index in [2.05, 4.69) is 0 Å². The molecule has 0 aliphatic carbocycles. The quantitative estimate of drug-likeness (QED) is 0.464. The van der Waals surface area contributed by atoms with Crippen LogP contribution in [0.2, 0.25) is 0 Å². The van der Waals surface area contributed by atoms with Gasteiger partial charge in [-0.25, -0.2) is 13.2 Å². The van der Waals surface area contributed by atoms with Gasteiger partial charge in [-0.3, -0.25) is 0 Å². The molecule has 29 heavy (non-hydrogen) atoms. The van der Waals surface area contributed by atoms with E-state index in [9.17, 15) is 13.2 Å². The van der Waals surface area contributed by atoms with Crippen LogP contribution in [0.3, 0.4) is 0 Å². The van der Waals surface area contributed by atoms with Gasteiger partial charge in [0, 0.05) is 22.9 Å². The van der Waals surface area contributed by atoms with Gasteiger partial charge in [0.1, 0.15) is 5.58 Å². The van der Waals surface area contributed by atoms with Crippen molar-refractivity contribution < 1.29 is 12.8 Å². The summed E-state index contributed by atoms with van der Waals surface area (Å²) >= 11 is 1.67. The predicted molar refractivity (Wildman–Crippen MR) is 113 cm³/mol. The van der Waals surface area contributed by atoms with E-state index in [1.165, 1.54) is 17.0 Å². The third-order valence-electron chi connectivity index (χ3n) is 5.23. The lowest BCUT2D eigenvalue weighted by atomic mass is 9.95. The van der Waals surface area contributed by atoms with Crippen molar-refractivity contribution in [3.05, 3.63) is 98.5 Å². The Morgan fingerprint density at radius 1 is 1.00 bits per heavy atom. The van der Waals surface area contributed by atoms with Crippen LogP contribution < -0.4 is 5.63 Å². The van der Waals surface area contributed by atoms with Gasteiger partial charge in [-0.1, -0.05) is 30.3 Å². The van der Waals surface area contributed by atoms with E-state index in [1.54, 1.807) is 33.8 Å². The molecular formula is C22H17NO4S2. The minimum Gasteiger partial charge on any atom is -0.423 e. The minimum absolute atomic E-state index is 0.193. The fourth-order valence-corrected chi connectivity index (χ4v) is 6.41. The Bertz CT molecular complexity index is 1360. The molecular weight excluding hydrogens is 406 g/mol. The normalized spacial score (nSPS) is 17.3. The maximum absolute atomic E-state index is 13.7. The van der Waals surface area contributed by atoms with Crippen LogP contribution in [-0.2, 0) is 16.4 Å². The average molecular weight is 424 g/mol. The van der Waals surface area contributed by atoms with Gasteiger partial charge in [0.15, 0.2) is 0 Å². The summed E-state index contributed by atoms with van der Waals surface area (Å²) in [5.74, 6) is 0. The van der Waals surface area contributed by atoms with Gasteiger partial charge in [0.25, 0.3) is 0 Å². The predicted octanol–water partition coefficient (Wildman–Crippen LogP) is 4.19. The first-order chi connectivity index (χ1) is 14.0. The van der Waals surface area contributed by atoms with E-state index in [4.69, 9.17) is 4.42 Å². The molecule has 5 rings (SSSR count). The van der Waals surface area contributed by atoms with Crippen molar-refractivity contribution in [2.24, 2.45) is 0 Å². The Balaban J connectivity index is 1.64. The van der Waals surface area contributed by atoms with E-state index in [-0.39, 0.29) is 10.9 Å². The lowest BCUT2D eigenvalue weighted by Crippen LogP contribution is -2.40. The smallest absolute Gasteiger partial charge is 0.336 e. The number of benzene rings is 2. The highest BCUT2D eigenvalue weighted by molar-refractivity contribution is 7.89. The molecule has 0 N–H and O–H groups in total. The lowest BCUT2D eigenvalue weighted by molar-refractivity contribution is 0.347. The maximum Gasteiger partial charge on any atom is 0.336 e. The van der Waals surface area contributed by atoms with Crippen LogP contribution in [0, 0.1) is 0 Å². The summed E-state index contributed by atoms with van der Waals surface area (Å²) in [6.45, 7) is 0.414. The third kappa shape index (κ3) is 3.11. The van der Waals surface area contributed by atoms with Crippen molar-refractivity contribution in [2.45, 2.75) is 17.4 Å². The van der Waals surface area contributed by atoms with Crippen LogP contribution in [0.5, 0.6) is 0 Å². The molecule has 0 saturated heterocycles. The number of hydrogen-bond donors (Lipinski definition) is 0. The maximum atomic E-state index is 13.7. The lowest BCUT2D eigenvalue weighted by Gasteiger charge is -2.35. The van der Waals surface area contributed by atoms with Crippen molar-refractivity contribution in [1.82, 2.24) is 4.31 Å². The molecule has 0 amide bonds. The number of thiophene rings is 1. The van der Waals surface area contributed by atoms with E-state index in [1.807, 2.05) is 41.8 Å². The second-order valence-electron chi connectivity index (χ2n) is 6.93.